The summed E-state index contributed by atoms with van der Waals surface area (Å²) in [6.07, 6.45) is 0. The zero-order valence-corrected chi connectivity index (χ0v) is 14.0. The Bertz CT molecular complexity index is 645. The molecule has 2 rings (SSSR count). The van der Waals surface area contributed by atoms with Gasteiger partial charge in [0, 0.05) is 15.2 Å². The summed E-state index contributed by atoms with van der Waals surface area (Å²) in [5.41, 5.74) is 0.595. The first-order valence-electron chi connectivity index (χ1n) is 6.34. The molecule has 0 spiro atoms. The summed E-state index contributed by atoms with van der Waals surface area (Å²) in [7, 11) is 1.38. The van der Waals surface area contributed by atoms with E-state index in [1.54, 1.807) is 19.1 Å². The Morgan fingerprint density at radius 1 is 1.24 bits per heavy atom. The number of carbonyl (C=O) groups is 1. The number of benzene rings is 2. The molecule has 0 aliphatic carbocycles. The van der Waals surface area contributed by atoms with Crippen molar-refractivity contribution < 1.29 is 9.53 Å². The van der Waals surface area contributed by atoms with Gasteiger partial charge in [0.2, 0.25) is 0 Å². The number of nitrogens with one attached hydrogen (secondary N) is 1. The summed E-state index contributed by atoms with van der Waals surface area (Å²) < 4.78 is 5.86. The van der Waals surface area contributed by atoms with Crippen molar-refractivity contribution in [3.8, 4) is 0 Å². The zero-order valence-electron chi connectivity index (χ0n) is 11.7. The van der Waals surface area contributed by atoms with Crippen molar-refractivity contribution >= 4 is 39.2 Å². The number of ether oxygens (including phenoxy) is 1. The highest BCUT2D eigenvalue weighted by atomic mass is 79.9. The molecule has 21 heavy (non-hydrogen) atoms. The summed E-state index contributed by atoms with van der Waals surface area (Å²) >= 11 is 9.31. The predicted molar refractivity (Wildman–Crippen MR) is 88.6 cm³/mol. The van der Waals surface area contributed by atoms with Crippen molar-refractivity contribution in [2.45, 2.75) is 12.5 Å². The molecule has 110 valence electrons. The molecule has 0 saturated carbocycles. The van der Waals surface area contributed by atoms with Crippen LogP contribution < -0.4 is 5.32 Å². The molecule has 0 aliphatic rings. The van der Waals surface area contributed by atoms with Crippen LogP contribution in [-0.2, 0) is 15.1 Å². The topological polar surface area (TPSA) is 38.3 Å². The summed E-state index contributed by atoms with van der Waals surface area (Å²) in [5.74, 6) is -0.365. The average molecular weight is 369 g/mol. The number of carbonyl (C=O) groups excluding carboxylic acids is 1. The standard InChI is InChI=1S/C16H15BrClNO2/c1-16(15(20)21-2,11-4-3-5-12(17)10-11)19-14-8-6-13(18)7-9-14/h3-10,19H,1-2H3. The molecule has 0 bridgehead atoms. The van der Waals surface area contributed by atoms with E-state index in [4.69, 9.17) is 16.3 Å². The van der Waals surface area contributed by atoms with Gasteiger partial charge in [-0.3, -0.25) is 0 Å². The van der Waals surface area contributed by atoms with Crippen LogP contribution in [0.2, 0.25) is 5.02 Å². The molecule has 2 aromatic carbocycles. The molecule has 3 nitrogen and oxygen atoms in total. The van der Waals surface area contributed by atoms with Gasteiger partial charge in [-0.25, -0.2) is 4.79 Å². The van der Waals surface area contributed by atoms with Crippen molar-refractivity contribution in [3.63, 3.8) is 0 Å². The number of halogens is 2. The van der Waals surface area contributed by atoms with Gasteiger partial charge >= 0.3 is 5.97 Å². The number of hydrogen-bond acceptors (Lipinski definition) is 3. The quantitative estimate of drug-likeness (QED) is 0.801. The van der Waals surface area contributed by atoms with Crippen molar-refractivity contribution in [1.29, 1.82) is 0 Å². The Hall–Kier alpha value is -1.52. The molecular formula is C16H15BrClNO2. The SMILES string of the molecule is COC(=O)C(C)(Nc1ccc(Cl)cc1)c1cccc(Br)c1. The van der Waals surface area contributed by atoms with Gasteiger partial charge in [0.05, 0.1) is 7.11 Å². The van der Waals surface area contributed by atoms with Crippen LogP contribution in [0.15, 0.2) is 53.0 Å². The normalized spacial score (nSPS) is 13.3. The van der Waals surface area contributed by atoms with E-state index < -0.39 is 5.54 Å². The van der Waals surface area contributed by atoms with E-state index >= 15 is 0 Å². The minimum atomic E-state index is -0.994. The highest BCUT2D eigenvalue weighted by Crippen LogP contribution is 2.30. The molecule has 1 N–H and O–H groups in total. The van der Waals surface area contributed by atoms with Gasteiger partial charge in [-0.1, -0.05) is 39.7 Å². The molecule has 2 aromatic rings. The second-order valence-corrected chi connectivity index (χ2v) is 6.11. The summed E-state index contributed by atoms with van der Waals surface area (Å²) in [6.45, 7) is 1.79. The van der Waals surface area contributed by atoms with E-state index in [1.807, 2.05) is 36.4 Å². The molecule has 0 saturated heterocycles. The van der Waals surface area contributed by atoms with Crippen molar-refractivity contribution in [2.75, 3.05) is 12.4 Å². The van der Waals surface area contributed by atoms with Crippen LogP contribution >= 0.6 is 27.5 Å². The fourth-order valence-corrected chi connectivity index (χ4v) is 2.59. The number of methoxy groups -OCH3 is 1. The molecule has 0 aliphatic heterocycles. The Kier molecular flexibility index (Phi) is 4.91. The van der Waals surface area contributed by atoms with Crippen LogP contribution in [0.25, 0.3) is 0 Å². The number of rotatable bonds is 4. The Morgan fingerprint density at radius 2 is 1.90 bits per heavy atom. The third-order valence-electron chi connectivity index (χ3n) is 3.23. The molecule has 5 heteroatoms. The van der Waals surface area contributed by atoms with Crippen LogP contribution in [0.5, 0.6) is 0 Å². The second kappa shape index (κ2) is 6.50. The van der Waals surface area contributed by atoms with Gasteiger partial charge in [0.1, 0.15) is 0 Å². The van der Waals surface area contributed by atoms with Crippen LogP contribution in [0.4, 0.5) is 5.69 Å². The van der Waals surface area contributed by atoms with E-state index in [0.717, 1.165) is 15.7 Å². The monoisotopic (exact) mass is 367 g/mol. The van der Waals surface area contributed by atoms with Gasteiger partial charge in [-0.2, -0.15) is 0 Å². The molecule has 1 atom stereocenters. The molecule has 0 fully saturated rings. The second-order valence-electron chi connectivity index (χ2n) is 4.76. The van der Waals surface area contributed by atoms with Crippen molar-refractivity contribution in [3.05, 3.63) is 63.6 Å². The maximum atomic E-state index is 12.3. The van der Waals surface area contributed by atoms with Gasteiger partial charge < -0.3 is 10.1 Å². The highest BCUT2D eigenvalue weighted by molar-refractivity contribution is 9.10. The Balaban J connectivity index is 2.42. The lowest BCUT2D eigenvalue weighted by molar-refractivity contribution is -0.145. The van der Waals surface area contributed by atoms with E-state index in [2.05, 4.69) is 21.2 Å². The average Bonchev–Trinajstić information content (AvgIpc) is 2.48. The van der Waals surface area contributed by atoms with E-state index in [9.17, 15) is 4.79 Å². The third-order valence-corrected chi connectivity index (χ3v) is 3.98. The first kappa shape index (κ1) is 15.9. The maximum absolute atomic E-state index is 12.3. The van der Waals surface area contributed by atoms with Gasteiger partial charge in [-0.05, 0) is 48.9 Å². The summed E-state index contributed by atoms with van der Waals surface area (Å²) in [4.78, 5) is 12.3. The Morgan fingerprint density at radius 3 is 2.48 bits per heavy atom. The summed E-state index contributed by atoms with van der Waals surface area (Å²) in [5, 5.41) is 3.86. The zero-order chi connectivity index (χ0) is 15.5. The van der Waals surface area contributed by atoms with Crippen molar-refractivity contribution in [2.24, 2.45) is 0 Å². The minimum absolute atomic E-state index is 0.365. The number of anilines is 1. The molecule has 0 amide bonds. The third kappa shape index (κ3) is 3.57. The van der Waals surface area contributed by atoms with Crippen LogP contribution in [0, 0.1) is 0 Å². The largest absolute Gasteiger partial charge is 0.467 e. The first-order valence-corrected chi connectivity index (χ1v) is 7.51. The molecule has 0 heterocycles. The van der Waals surface area contributed by atoms with Gasteiger partial charge in [0.25, 0.3) is 0 Å². The van der Waals surface area contributed by atoms with Crippen LogP contribution in [-0.4, -0.2) is 13.1 Å². The minimum Gasteiger partial charge on any atom is -0.467 e. The lowest BCUT2D eigenvalue weighted by atomic mass is 9.91. The fraction of sp³-hybridized carbons (Fsp3) is 0.188. The lowest BCUT2D eigenvalue weighted by Gasteiger charge is -2.29. The van der Waals surface area contributed by atoms with Crippen LogP contribution in [0.1, 0.15) is 12.5 Å². The highest BCUT2D eigenvalue weighted by Gasteiger charge is 2.36. The summed E-state index contributed by atoms with van der Waals surface area (Å²) in [6, 6.07) is 14.7. The van der Waals surface area contributed by atoms with Gasteiger partial charge in [-0.15, -0.1) is 0 Å². The number of hydrogen-bond donors (Lipinski definition) is 1. The van der Waals surface area contributed by atoms with E-state index in [-0.39, 0.29) is 5.97 Å². The maximum Gasteiger partial charge on any atom is 0.335 e. The smallest absolute Gasteiger partial charge is 0.335 e. The predicted octanol–water partition coefficient (Wildman–Crippen LogP) is 4.60. The number of esters is 1. The van der Waals surface area contributed by atoms with Crippen molar-refractivity contribution in [1.82, 2.24) is 0 Å². The molecular weight excluding hydrogens is 354 g/mol. The van der Waals surface area contributed by atoms with E-state index in [1.165, 1.54) is 7.11 Å². The fourth-order valence-electron chi connectivity index (χ4n) is 2.07. The molecule has 1 unspecified atom stereocenters. The lowest BCUT2D eigenvalue weighted by Crippen LogP contribution is -2.41. The Labute approximate surface area is 137 Å². The van der Waals surface area contributed by atoms with E-state index in [0.29, 0.717) is 5.02 Å². The van der Waals surface area contributed by atoms with Gasteiger partial charge in [0.15, 0.2) is 5.54 Å². The first-order chi connectivity index (χ1) is 9.95. The van der Waals surface area contributed by atoms with Crippen LogP contribution in [0.3, 0.4) is 0 Å². The molecule has 0 aromatic heterocycles. The molecule has 0 radical (unpaired) electrons.